The second-order valence-corrected chi connectivity index (χ2v) is 6.06. The highest BCUT2D eigenvalue weighted by atomic mass is 35.5. The average Bonchev–Trinajstić information content (AvgIpc) is 2.88. The van der Waals surface area contributed by atoms with E-state index in [1.54, 1.807) is 25.1 Å². The molecule has 0 fully saturated rings. The summed E-state index contributed by atoms with van der Waals surface area (Å²) in [6.45, 7) is 1.58. The third kappa shape index (κ3) is 3.85. The number of nitriles is 1. The second-order valence-electron chi connectivity index (χ2n) is 4.57. The lowest BCUT2D eigenvalue weighted by atomic mass is 10.1. The molecule has 1 heterocycles. The van der Waals surface area contributed by atoms with E-state index in [2.05, 4.69) is 0 Å². The largest absolute Gasteiger partial charge is 0.462 e. The summed E-state index contributed by atoms with van der Waals surface area (Å²) in [6, 6.07) is 8.18. The SMILES string of the molecule is CCOC(=O)c1sc(N)c(C#N)c1COC(=O)c1cccc(Cl)c1. The van der Waals surface area contributed by atoms with Gasteiger partial charge in [0.2, 0.25) is 0 Å². The molecule has 2 rings (SSSR count). The lowest BCUT2D eigenvalue weighted by molar-refractivity contribution is 0.0452. The van der Waals surface area contributed by atoms with E-state index >= 15 is 0 Å². The van der Waals surface area contributed by atoms with Crippen molar-refractivity contribution in [1.29, 1.82) is 5.26 Å². The summed E-state index contributed by atoms with van der Waals surface area (Å²) < 4.78 is 10.1. The molecular formula is C16H13ClN2O4S. The van der Waals surface area contributed by atoms with E-state index in [1.807, 2.05) is 6.07 Å². The first-order valence-electron chi connectivity index (χ1n) is 6.89. The summed E-state index contributed by atoms with van der Waals surface area (Å²) >= 11 is 6.76. The summed E-state index contributed by atoms with van der Waals surface area (Å²) in [4.78, 5) is 24.2. The first-order valence-corrected chi connectivity index (χ1v) is 8.08. The minimum absolute atomic E-state index is 0.113. The second kappa shape index (κ2) is 7.81. The number of carbonyl (C=O) groups is 2. The maximum atomic E-state index is 12.1. The number of hydrogen-bond acceptors (Lipinski definition) is 7. The van der Waals surface area contributed by atoms with Crippen molar-refractivity contribution < 1.29 is 19.1 Å². The monoisotopic (exact) mass is 364 g/mol. The summed E-state index contributed by atoms with van der Waals surface area (Å²) in [5.74, 6) is -1.23. The van der Waals surface area contributed by atoms with E-state index in [0.29, 0.717) is 5.02 Å². The van der Waals surface area contributed by atoms with Crippen LogP contribution < -0.4 is 5.73 Å². The van der Waals surface area contributed by atoms with Gasteiger partial charge in [-0.15, -0.1) is 11.3 Å². The van der Waals surface area contributed by atoms with Gasteiger partial charge in [0.25, 0.3) is 0 Å². The van der Waals surface area contributed by atoms with E-state index in [-0.39, 0.29) is 39.8 Å². The number of nitrogen functional groups attached to an aromatic ring is 1. The lowest BCUT2D eigenvalue weighted by Gasteiger charge is -2.07. The number of nitrogens with zero attached hydrogens (tertiary/aromatic N) is 1. The van der Waals surface area contributed by atoms with Gasteiger partial charge in [-0.1, -0.05) is 17.7 Å². The number of rotatable bonds is 5. The van der Waals surface area contributed by atoms with Crippen LogP contribution >= 0.6 is 22.9 Å². The van der Waals surface area contributed by atoms with Crippen molar-refractivity contribution in [2.75, 3.05) is 12.3 Å². The molecule has 0 saturated carbocycles. The molecule has 0 aliphatic carbocycles. The van der Waals surface area contributed by atoms with Crippen molar-refractivity contribution in [3.63, 3.8) is 0 Å². The standard InChI is InChI=1S/C16H13ClN2O4S/c1-2-22-16(21)13-12(11(7-18)14(19)24-13)8-23-15(20)9-4-3-5-10(17)6-9/h3-6H,2,8,19H2,1H3. The topological polar surface area (TPSA) is 102 Å². The minimum Gasteiger partial charge on any atom is -0.462 e. The third-order valence-corrected chi connectivity index (χ3v) is 4.29. The number of ether oxygens (including phenoxy) is 2. The number of esters is 2. The van der Waals surface area contributed by atoms with Crippen molar-refractivity contribution in [3.8, 4) is 6.07 Å². The molecule has 124 valence electrons. The summed E-state index contributed by atoms with van der Waals surface area (Å²) in [5, 5.41) is 9.78. The number of anilines is 1. The number of nitrogens with two attached hydrogens (primary N) is 1. The Morgan fingerprint density at radius 1 is 1.33 bits per heavy atom. The molecule has 8 heteroatoms. The molecule has 1 aromatic carbocycles. The van der Waals surface area contributed by atoms with Crippen LogP contribution in [0.3, 0.4) is 0 Å². The van der Waals surface area contributed by atoms with Gasteiger partial charge in [-0.2, -0.15) is 5.26 Å². The van der Waals surface area contributed by atoms with Crippen molar-refractivity contribution >= 4 is 39.9 Å². The molecule has 0 aliphatic rings. The molecule has 0 unspecified atom stereocenters. The third-order valence-electron chi connectivity index (χ3n) is 3.01. The highest BCUT2D eigenvalue weighted by molar-refractivity contribution is 7.18. The van der Waals surface area contributed by atoms with Crippen LogP contribution in [0.1, 0.15) is 38.1 Å². The van der Waals surface area contributed by atoms with Crippen LogP contribution in [0.5, 0.6) is 0 Å². The van der Waals surface area contributed by atoms with Gasteiger partial charge in [-0.3, -0.25) is 0 Å². The Hall–Kier alpha value is -2.56. The number of thiophene rings is 1. The Labute approximate surface area is 147 Å². The van der Waals surface area contributed by atoms with Gasteiger partial charge in [0.05, 0.1) is 17.7 Å². The Balaban J connectivity index is 2.24. The fourth-order valence-corrected chi connectivity index (χ4v) is 3.05. The van der Waals surface area contributed by atoms with Gasteiger partial charge in [-0.05, 0) is 25.1 Å². The van der Waals surface area contributed by atoms with Gasteiger partial charge < -0.3 is 15.2 Å². The fourth-order valence-electron chi connectivity index (χ4n) is 1.94. The van der Waals surface area contributed by atoms with Crippen molar-refractivity contribution in [3.05, 3.63) is 50.9 Å². The van der Waals surface area contributed by atoms with Crippen LogP contribution in [0.2, 0.25) is 5.02 Å². The number of hydrogen-bond donors (Lipinski definition) is 1. The van der Waals surface area contributed by atoms with Gasteiger partial charge in [0, 0.05) is 10.6 Å². The normalized spacial score (nSPS) is 10.0. The molecule has 1 aromatic heterocycles. The molecule has 2 aromatic rings. The van der Waals surface area contributed by atoms with Crippen molar-refractivity contribution in [2.24, 2.45) is 0 Å². The van der Waals surface area contributed by atoms with Crippen LogP contribution in [-0.2, 0) is 16.1 Å². The fraction of sp³-hybridized carbons (Fsp3) is 0.188. The number of benzene rings is 1. The molecule has 24 heavy (non-hydrogen) atoms. The quantitative estimate of drug-likeness (QED) is 0.816. The van der Waals surface area contributed by atoms with Gasteiger partial charge in [0.15, 0.2) is 0 Å². The van der Waals surface area contributed by atoms with Crippen molar-refractivity contribution in [2.45, 2.75) is 13.5 Å². The van der Waals surface area contributed by atoms with Crippen LogP contribution in [0, 0.1) is 11.3 Å². The lowest BCUT2D eigenvalue weighted by Crippen LogP contribution is -2.10. The first-order chi connectivity index (χ1) is 11.5. The van der Waals surface area contributed by atoms with E-state index < -0.39 is 11.9 Å². The number of carbonyl (C=O) groups excluding carboxylic acids is 2. The van der Waals surface area contributed by atoms with Gasteiger partial charge in [-0.25, -0.2) is 9.59 Å². The Morgan fingerprint density at radius 2 is 2.08 bits per heavy atom. The van der Waals surface area contributed by atoms with E-state index in [1.165, 1.54) is 6.07 Å². The highest BCUT2D eigenvalue weighted by Crippen LogP contribution is 2.32. The predicted octanol–water partition coefficient (Wildman–Crippen LogP) is 3.39. The van der Waals surface area contributed by atoms with Crippen LogP contribution in [0.25, 0.3) is 0 Å². The molecule has 6 nitrogen and oxygen atoms in total. The number of halogens is 1. The highest BCUT2D eigenvalue weighted by Gasteiger charge is 2.24. The Kier molecular flexibility index (Phi) is 5.79. The van der Waals surface area contributed by atoms with E-state index in [9.17, 15) is 14.9 Å². The zero-order valence-corrected chi connectivity index (χ0v) is 14.2. The van der Waals surface area contributed by atoms with Crippen LogP contribution in [0.4, 0.5) is 5.00 Å². The molecule has 0 atom stereocenters. The van der Waals surface area contributed by atoms with E-state index in [0.717, 1.165) is 11.3 Å². The average molecular weight is 365 g/mol. The molecule has 0 aliphatic heterocycles. The molecule has 0 amide bonds. The van der Waals surface area contributed by atoms with Crippen molar-refractivity contribution in [1.82, 2.24) is 0 Å². The zero-order chi connectivity index (χ0) is 17.7. The van der Waals surface area contributed by atoms with Crippen LogP contribution in [0.15, 0.2) is 24.3 Å². The van der Waals surface area contributed by atoms with Gasteiger partial charge >= 0.3 is 11.9 Å². The zero-order valence-electron chi connectivity index (χ0n) is 12.7. The maximum absolute atomic E-state index is 12.1. The summed E-state index contributed by atoms with van der Waals surface area (Å²) in [5.41, 5.74) is 6.38. The maximum Gasteiger partial charge on any atom is 0.348 e. The Bertz CT molecular complexity index is 826. The molecule has 0 radical (unpaired) electrons. The Morgan fingerprint density at radius 3 is 2.71 bits per heavy atom. The van der Waals surface area contributed by atoms with E-state index in [4.69, 9.17) is 26.8 Å². The summed E-state index contributed by atoms with van der Waals surface area (Å²) in [6.07, 6.45) is 0. The molecule has 0 saturated heterocycles. The molecule has 0 bridgehead atoms. The molecular weight excluding hydrogens is 352 g/mol. The van der Waals surface area contributed by atoms with Gasteiger partial charge in [0.1, 0.15) is 22.6 Å². The smallest absolute Gasteiger partial charge is 0.348 e. The predicted molar refractivity (Wildman–Crippen MR) is 90.0 cm³/mol. The summed E-state index contributed by atoms with van der Waals surface area (Å²) in [7, 11) is 0. The molecule has 2 N–H and O–H groups in total. The molecule has 0 spiro atoms. The van der Waals surface area contributed by atoms with Crippen LogP contribution in [-0.4, -0.2) is 18.5 Å². The minimum atomic E-state index is -0.624. The first kappa shape index (κ1) is 17.8.